The minimum Gasteiger partial charge on any atom is -0.463 e. The van der Waals surface area contributed by atoms with E-state index >= 15 is 26.3 Å². The van der Waals surface area contributed by atoms with E-state index in [-0.39, 0.29) is 50.5 Å². The Kier molecular flexibility index (Phi) is 12.7. The van der Waals surface area contributed by atoms with E-state index in [9.17, 15) is 40.7 Å². The fraction of sp³-hybridized carbons (Fsp3) is 0.872. The van der Waals surface area contributed by atoms with Crippen molar-refractivity contribution in [2.24, 2.45) is 53.3 Å². The monoisotopic (exact) mass is 858 g/mol. The molecule has 0 aliphatic heterocycles. The lowest BCUT2D eigenvalue weighted by molar-refractivity contribution is -0.429. The number of hydrogen-bond donors (Lipinski definition) is 0. The fourth-order valence-electron chi connectivity index (χ4n) is 11.5. The molecule has 5 saturated carbocycles. The van der Waals surface area contributed by atoms with Gasteiger partial charge in [-0.25, -0.2) is 9.59 Å². The Morgan fingerprint density at radius 2 is 1.10 bits per heavy atom. The summed E-state index contributed by atoms with van der Waals surface area (Å²) < 4.78 is 199. The second-order valence-corrected chi connectivity index (χ2v) is 17.7. The molecule has 5 rings (SSSR count). The second-order valence-electron chi connectivity index (χ2n) is 17.7. The van der Waals surface area contributed by atoms with Gasteiger partial charge in [0.25, 0.3) is 5.60 Å². The molecule has 5 aliphatic carbocycles. The van der Waals surface area contributed by atoms with E-state index < -0.39 is 132 Å². The molecule has 0 aromatic heterocycles. The summed E-state index contributed by atoms with van der Waals surface area (Å²) in [6, 6.07) is 0. The van der Waals surface area contributed by atoms with Gasteiger partial charge < -0.3 is 18.9 Å². The van der Waals surface area contributed by atoms with Gasteiger partial charge in [0.1, 0.15) is 6.10 Å². The molecule has 0 aromatic carbocycles. The Labute approximate surface area is 328 Å². The number of carbonyl (C=O) groups excluding carboxylic acids is 3. The Morgan fingerprint density at radius 1 is 0.638 bits per heavy atom. The number of rotatable bonds is 11. The van der Waals surface area contributed by atoms with Crippen LogP contribution >= 0.6 is 0 Å². The highest BCUT2D eigenvalue weighted by molar-refractivity contribution is 5.87. The number of hydrogen-bond acceptors (Lipinski definition) is 7. The standard InChI is InChI=1S/C39H50F12O7/c1-19(2)31(53)56-30-26-12-8-6-10-24(26)29(25-11-7-9-13-27(25)30)35(38(46,47)48,39(49,50)51)58-33(4,5)32(54)55-18-23-15-21-14-22(28(23)16-21)17-34(36(40,41)42,37(43,44)45)57-20(3)52/h21-30H,1,6-18H2,2-5H3. The molecule has 58 heavy (non-hydrogen) atoms. The lowest BCUT2D eigenvalue weighted by Gasteiger charge is -2.60. The number of halogens is 12. The van der Waals surface area contributed by atoms with Crippen molar-refractivity contribution in [2.75, 3.05) is 6.61 Å². The van der Waals surface area contributed by atoms with E-state index in [1.807, 2.05) is 0 Å². The number of fused-ring (bicyclic) bond motifs is 4. The molecule has 7 nitrogen and oxygen atoms in total. The third-order valence-electron chi connectivity index (χ3n) is 13.6. The highest BCUT2D eigenvalue weighted by Crippen LogP contribution is 2.65. The first-order valence-corrected chi connectivity index (χ1v) is 19.7. The Balaban J connectivity index is 1.43. The molecule has 0 radical (unpaired) electrons. The van der Waals surface area contributed by atoms with Gasteiger partial charge in [0.15, 0.2) is 5.60 Å². The smallest absolute Gasteiger partial charge is 0.437 e. The molecule has 0 aromatic rings. The number of esters is 3. The molecule has 8 atom stereocenters. The van der Waals surface area contributed by atoms with Crippen LogP contribution in [0.25, 0.3) is 0 Å². The predicted molar refractivity (Wildman–Crippen MR) is 179 cm³/mol. The molecule has 2 bridgehead atoms. The van der Waals surface area contributed by atoms with Crippen LogP contribution in [0.4, 0.5) is 52.7 Å². The van der Waals surface area contributed by atoms with Crippen LogP contribution in [0, 0.1) is 53.3 Å². The highest BCUT2D eigenvalue weighted by atomic mass is 19.4. The van der Waals surface area contributed by atoms with Gasteiger partial charge in [-0.2, -0.15) is 52.7 Å². The maximum absolute atomic E-state index is 15.7. The molecule has 19 heteroatoms. The summed E-state index contributed by atoms with van der Waals surface area (Å²) in [5.41, 5.74) is -12.7. The van der Waals surface area contributed by atoms with Crippen molar-refractivity contribution in [3.63, 3.8) is 0 Å². The minimum atomic E-state index is -6.14. The topological polar surface area (TPSA) is 88.1 Å². The SMILES string of the molecule is C=C(C)C(=O)OC1C2CCCCC2C(C(OC(C)(C)C(=O)OCC2CC3CC(CC(OC(C)=O)(C(F)(F)F)C(F)(F)F)C2C3)(C(F)(F)F)C(F)(F)F)C2CCCCC21. The lowest BCUT2D eigenvalue weighted by atomic mass is 9.49. The third-order valence-corrected chi connectivity index (χ3v) is 13.6. The van der Waals surface area contributed by atoms with E-state index in [1.165, 1.54) is 6.92 Å². The van der Waals surface area contributed by atoms with Crippen LogP contribution < -0.4 is 0 Å². The van der Waals surface area contributed by atoms with Gasteiger partial charge in [-0.15, -0.1) is 0 Å². The number of alkyl halides is 12. The summed E-state index contributed by atoms with van der Waals surface area (Å²) >= 11 is 0. The first kappa shape index (κ1) is 46.3. The van der Waals surface area contributed by atoms with Crippen LogP contribution in [-0.2, 0) is 33.3 Å². The van der Waals surface area contributed by atoms with Crippen molar-refractivity contribution in [3.8, 4) is 0 Å². The molecule has 0 heterocycles. The van der Waals surface area contributed by atoms with Crippen molar-refractivity contribution in [3.05, 3.63) is 12.2 Å². The average molecular weight is 859 g/mol. The Morgan fingerprint density at radius 3 is 1.52 bits per heavy atom. The highest BCUT2D eigenvalue weighted by Gasteiger charge is 2.81. The van der Waals surface area contributed by atoms with E-state index in [4.69, 9.17) is 14.2 Å². The van der Waals surface area contributed by atoms with E-state index in [2.05, 4.69) is 11.3 Å². The first-order chi connectivity index (χ1) is 26.5. The van der Waals surface area contributed by atoms with E-state index in [0.717, 1.165) is 0 Å². The van der Waals surface area contributed by atoms with Crippen molar-refractivity contribution in [1.29, 1.82) is 0 Å². The Bertz CT molecular complexity index is 1500. The quantitative estimate of drug-likeness (QED) is 0.0885. The molecule has 5 fully saturated rings. The summed E-state index contributed by atoms with van der Waals surface area (Å²) in [6.07, 6.45) is -25.1. The first-order valence-electron chi connectivity index (χ1n) is 19.7. The van der Waals surface area contributed by atoms with Crippen molar-refractivity contribution in [2.45, 2.75) is 152 Å². The summed E-state index contributed by atoms with van der Waals surface area (Å²) in [6.45, 7) is 6.01. The molecule has 0 spiro atoms. The Hall–Kier alpha value is -2.73. The van der Waals surface area contributed by atoms with Gasteiger partial charge in [0.2, 0.25) is 0 Å². The zero-order valence-corrected chi connectivity index (χ0v) is 32.6. The van der Waals surface area contributed by atoms with Crippen LogP contribution in [0.15, 0.2) is 12.2 Å². The van der Waals surface area contributed by atoms with Crippen molar-refractivity contribution < 1.29 is 86.0 Å². The molecule has 0 amide bonds. The molecule has 8 unspecified atom stereocenters. The predicted octanol–water partition coefficient (Wildman–Crippen LogP) is 10.4. The molecular formula is C39H50F12O7. The zero-order valence-electron chi connectivity index (χ0n) is 32.6. The van der Waals surface area contributed by atoms with Crippen LogP contribution in [0.3, 0.4) is 0 Å². The fourth-order valence-corrected chi connectivity index (χ4v) is 11.5. The number of carbonyl (C=O) groups is 3. The van der Waals surface area contributed by atoms with Gasteiger partial charge in [0.05, 0.1) is 6.61 Å². The maximum atomic E-state index is 15.7. The third kappa shape index (κ3) is 8.32. The normalized spacial score (nSPS) is 32.2. The van der Waals surface area contributed by atoms with Gasteiger partial charge in [-0.05, 0) is 113 Å². The van der Waals surface area contributed by atoms with Crippen LogP contribution in [0.1, 0.15) is 105 Å². The van der Waals surface area contributed by atoms with E-state index in [1.54, 1.807) is 0 Å². The summed E-state index contributed by atoms with van der Waals surface area (Å²) in [5, 5.41) is 0. The molecule has 5 aliphatic rings. The summed E-state index contributed by atoms with van der Waals surface area (Å²) in [4.78, 5) is 37.9. The van der Waals surface area contributed by atoms with Gasteiger partial charge in [0, 0.05) is 24.8 Å². The summed E-state index contributed by atoms with van der Waals surface area (Å²) in [5.74, 6) is -14.5. The van der Waals surface area contributed by atoms with Crippen LogP contribution in [0.5, 0.6) is 0 Å². The summed E-state index contributed by atoms with van der Waals surface area (Å²) in [7, 11) is 0. The minimum absolute atomic E-state index is 0.0176. The van der Waals surface area contributed by atoms with Gasteiger partial charge in [-0.1, -0.05) is 32.3 Å². The second kappa shape index (κ2) is 15.9. The van der Waals surface area contributed by atoms with Crippen LogP contribution in [-0.4, -0.2) is 72.1 Å². The molecule has 332 valence electrons. The van der Waals surface area contributed by atoms with Gasteiger partial charge >= 0.3 is 48.2 Å². The van der Waals surface area contributed by atoms with Gasteiger partial charge in [-0.3, -0.25) is 4.79 Å². The lowest BCUT2D eigenvalue weighted by Crippen LogP contribution is -2.72. The molecular weight excluding hydrogens is 808 g/mol. The zero-order chi connectivity index (χ0) is 43.6. The van der Waals surface area contributed by atoms with Crippen LogP contribution in [0.2, 0.25) is 0 Å². The molecule has 0 N–H and O–H groups in total. The van der Waals surface area contributed by atoms with Crippen molar-refractivity contribution in [1.82, 2.24) is 0 Å². The largest absolute Gasteiger partial charge is 0.463 e. The van der Waals surface area contributed by atoms with E-state index in [0.29, 0.717) is 46.5 Å². The maximum Gasteiger partial charge on any atom is 0.437 e. The molecule has 0 saturated heterocycles. The van der Waals surface area contributed by atoms with Crippen molar-refractivity contribution >= 4 is 17.9 Å². The average Bonchev–Trinajstić information content (AvgIpc) is 3.67. The number of ether oxygens (including phenoxy) is 4.